The smallest absolute Gasteiger partial charge is 0.203 e. The Balaban J connectivity index is 2.65. The number of aldehydes is 1. The Morgan fingerprint density at radius 2 is 2.25 bits per heavy atom. The highest BCUT2D eigenvalue weighted by Gasteiger charge is 2.06. The molecule has 2 aromatic rings. The van der Waals surface area contributed by atoms with E-state index in [0.29, 0.717) is 29.6 Å². The molecule has 82 valence electrons. The Kier molecular flexibility index (Phi) is 2.72. The van der Waals surface area contributed by atoms with E-state index in [1.165, 1.54) is 0 Å². The average molecular weight is 218 g/mol. The van der Waals surface area contributed by atoms with Gasteiger partial charge in [0.15, 0.2) is 6.29 Å². The largest absolute Gasteiger partial charge is 0.494 e. The van der Waals surface area contributed by atoms with Gasteiger partial charge in [0, 0.05) is 6.07 Å². The molecule has 1 aromatic carbocycles. The van der Waals surface area contributed by atoms with Crippen LogP contribution in [-0.4, -0.2) is 12.9 Å². The number of hydrogen-bond donors (Lipinski definition) is 0. The molecule has 0 spiro atoms. The molecule has 0 amide bonds. The van der Waals surface area contributed by atoms with Crippen LogP contribution in [0.1, 0.15) is 17.3 Å². The summed E-state index contributed by atoms with van der Waals surface area (Å²) in [6.07, 6.45) is 1.65. The van der Waals surface area contributed by atoms with E-state index in [4.69, 9.17) is 9.15 Å². The first-order chi connectivity index (χ1) is 7.76. The van der Waals surface area contributed by atoms with Gasteiger partial charge in [-0.3, -0.25) is 9.59 Å². The molecule has 0 aliphatic heterocycles. The van der Waals surface area contributed by atoms with E-state index in [1.54, 1.807) is 18.2 Å². The lowest BCUT2D eigenvalue weighted by Crippen LogP contribution is -2.07. The monoisotopic (exact) mass is 218 g/mol. The molecule has 4 heteroatoms. The third-order valence-electron chi connectivity index (χ3n) is 2.21. The van der Waals surface area contributed by atoms with E-state index < -0.39 is 0 Å². The van der Waals surface area contributed by atoms with Crippen molar-refractivity contribution in [1.29, 1.82) is 0 Å². The van der Waals surface area contributed by atoms with Crippen LogP contribution < -0.4 is 10.2 Å². The lowest BCUT2D eigenvalue weighted by Gasteiger charge is -2.03. The summed E-state index contributed by atoms with van der Waals surface area (Å²) < 4.78 is 10.5. The molecular weight excluding hydrogens is 208 g/mol. The molecular formula is C12H10O4. The van der Waals surface area contributed by atoms with Gasteiger partial charge >= 0.3 is 0 Å². The predicted molar refractivity (Wildman–Crippen MR) is 59.0 cm³/mol. The van der Waals surface area contributed by atoms with Gasteiger partial charge in [0.25, 0.3) is 0 Å². The van der Waals surface area contributed by atoms with Crippen LogP contribution in [0.5, 0.6) is 5.75 Å². The summed E-state index contributed by atoms with van der Waals surface area (Å²) in [5, 5.41) is 0.382. The molecule has 4 nitrogen and oxygen atoms in total. The number of carbonyl (C=O) groups is 1. The number of rotatable bonds is 3. The van der Waals surface area contributed by atoms with Crippen LogP contribution >= 0.6 is 0 Å². The lowest BCUT2D eigenvalue weighted by molar-refractivity contribution is 0.112. The highest BCUT2D eigenvalue weighted by atomic mass is 16.5. The van der Waals surface area contributed by atoms with E-state index in [9.17, 15) is 9.59 Å². The Labute approximate surface area is 91.4 Å². The molecule has 0 saturated carbocycles. The van der Waals surface area contributed by atoms with Gasteiger partial charge in [-0.25, -0.2) is 0 Å². The van der Waals surface area contributed by atoms with Crippen molar-refractivity contribution in [3.8, 4) is 5.75 Å². The number of benzene rings is 1. The third kappa shape index (κ3) is 1.69. The number of hydrogen-bond acceptors (Lipinski definition) is 4. The normalized spacial score (nSPS) is 10.3. The zero-order valence-corrected chi connectivity index (χ0v) is 8.73. The van der Waals surface area contributed by atoms with E-state index in [-0.39, 0.29) is 11.0 Å². The summed E-state index contributed by atoms with van der Waals surface area (Å²) in [7, 11) is 0. The van der Waals surface area contributed by atoms with Crippen molar-refractivity contribution in [3.63, 3.8) is 0 Å². The molecule has 0 unspecified atom stereocenters. The fourth-order valence-electron chi connectivity index (χ4n) is 1.46. The Morgan fingerprint density at radius 1 is 1.44 bits per heavy atom. The zero-order valence-electron chi connectivity index (χ0n) is 8.73. The van der Waals surface area contributed by atoms with Crippen LogP contribution in [0.2, 0.25) is 0 Å². The molecule has 0 fully saturated rings. The predicted octanol–water partition coefficient (Wildman–Crippen LogP) is 2.00. The van der Waals surface area contributed by atoms with E-state index >= 15 is 0 Å². The van der Waals surface area contributed by atoms with Crippen molar-refractivity contribution < 1.29 is 13.9 Å². The maximum absolute atomic E-state index is 11.7. The Bertz CT molecular complexity index is 583. The van der Waals surface area contributed by atoms with Gasteiger partial charge in [0.1, 0.15) is 17.6 Å². The topological polar surface area (TPSA) is 56.5 Å². The second-order valence-electron chi connectivity index (χ2n) is 3.23. The first-order valence-corrected chi connectivity index (χ1v) is 4.89. The zero-order chi connectivity index (χ0) is 11.5. The Morgan fingerprint density at radius 3 is 2.94 bits per heavy atom. The Hall–Kier alpha value is -2.10. The summed E-state index contributed by atoms with van der Waals surface area (Å²) in [4.78, 5) is 22.3. The van der Waals surface area contributed by atoms with E-state index in [1.807, 2.05) is 6.92 Å². The molecule has 0 atom stereocenters. The number of ether oxygens (including phenoxy) is 1. The second-order valence-corrected chi connectivity index (χ2v) is 3.23. The molecule has 0 N–H and O–H groups in total. The van der Waals surface area contributed by atoms with Crippen LogP contribution in [0.3, 0.4) is 0 Å². The van der Waals surface area contributed by atoms with Gasteiger partial charge in [-0.15, -0.1) is 0 Å². The molecule has 0 aliphatic rings. The minimum absolute atomic E-state index is 0.0247. The summed E-state index contributed by atoms with van der Waals surface area (Å²) in [6, 6.07) is 4.91. The minimum atomic E-state index is -0.320. The van der Waals surface area contributed by atoms with Gasteiger partial charge in [-0.1, -0.05) is 0 Å². The summed E-state index contributed by atoms with van der Waals surface area (Å²) in [6.45, 7) is 2.41. The van der Waals surface area contributed by atoms with Crippen molar-refractivity contribution in [3.05, 3.63) is 40.2 Å². The molecule has 16 heavy (non-hydrogen) atoms. The molecule has 1 aromatic heterocycles. The van der Waals surface area contributed by atoms with Crippen molar-refractivity contribution in [2.75, 3.05) is 6.61 Å². The molecule has 0 aliphatic carbocycles. The van der Waals surface area contributed by atoms with Gasteiger partial charge < -0.3 is 9.15 Å². The third-order valence-corrected chi connectivity index (χ3v) is 2.21. The van der Waals surface area contributed by atoms with Gasteiger partial charge in [0.2, 0.25) is 5.43 Å². The maximum atomic E-state index is 11.7. The van der Waals surface area contributed by atoms with Crippen LogP contribution in [0.15, 0.2) is 33.7 Å². The highest BCUT2D eigenvalue weighted by Crippen LogP contribution is 2.18. The minimum Gasteiger partial charge on any atom is -0.494 e. The maximum Gasteiger partial charge on any atom is 0.203 e. The van der Waals surface area contributed by atoms with E-state index in [2.05, 4.69) is 0 Å². The molecule has 2 rings (SSSR count). The fraction of sp³-hybridized carbons (Fsp3) is 0.167. The first-order valence-electron chi connectivity index (χ1n) is 4.89. The van der Waals surface area contributed by atoms with Crippen molar-refractivity contribution in [2.45, 2.75) is 6.92 Å². The fourth-order valence-corrected chi connectivity index (χ4v) is 1.46. The van der Waals surface area contributed by atoms with Crippen LogP contribution in [0.25, 0.3) is 11.0 Å². The standard InChI is InChI=1S/C12H10O4/c1-2-15-9-3-4-10-11(5-9)16-7-8(6-13)12(10)14/h3-7H,2H2,1H3. The molecule has 0 saturated heterocycles. The summed E-state index contributed by atoms with van der Waals surface area (Å²) in [5.74, 6) is 0.636. The SMILES string of the molecule is CCOc1ccc2c(=O)c(C=O)coc2c1. The van der Waals surface area contributed by atoms with Gasteiger partial charge in [-0.05, 0) is 19.1 Å². The lowest BCUT2D eigenvalue weighted by atomic mass is 10.2. The highest BCUT2D eigenvalue weighted by molar-refractivity contribution is 5.84. The second kappa shape index (κ2) is 4.18. The van der Waals surface area contributed by atoms with Gasteiger partial charge in [0.05, 0.1) is 17.6 Å². The van der Waals surface area contributed by atoms with Crippen LogP contribution in [0, 0.1) is 0 Å². The van der Waals surface area contributed by atoms with Crippen molar-refractivity contribution >= 4 is 17.3 Å². The number of fused-ring (bicyclic) bond motifs is 1. The summed E-state index contributed by atoms with van der Waals surface area (Å²) >= 11 is 0. The number of carbonyl (C=O) groups excluding carboxylic acids is 1. The van der Waals surface area contributed by atoms with Gasteiger partial charge in [-0.2, -0.15) is 0 Å². The molecule has 0 bridgehead atoms. The van der Waals surface area contributed by atoms with Crippen molar-refractivity contribution in [1.82, 2.24) is 0 Å². The first kappa shape index (κ1) is 10.4. The molecule has 1 heterocycles. The van der Waals surface area contributed by atoms with Crippen molar-refractivity contribution in [2.24, 2.45) is 0 Å². The molecule has 0 radical (unpaired) electrons. The quantitative estimate of drug-likeness (QED) is 0.739. The summed E-state index contributed by atoms with van der Waals surface area (Å²) in [5.41, 5.74) is 0.123. The average Bonchev–Trinajstić information content (AvgIpc) is 2.30. The van der Waals surface area contributed by atoms with Crippen LogP contribution in [-0.2, 0) is 0 Å². The van der Waals surface area contributed by atoms with E-state index in [0.717, 1.165) is 6.26 Å². The van der Waals surface area contributed by atoms with Crippen LogP contribution in [0.4, 0.5) is 0 Å².